The first-order valence-electron chi connectivity index (χ1n) is 25.6. The molecule has 1 spiro atoms. The third-order valence-corrected chi connectivity index (χ3v) is 18.2. The first-order chi connectivity index (χ1) is 35.6. The number of aromatic nitrogens is 4. The molecule has 1 atom stereocenters. The Balaban J connectivity index is 0.716. The van der Waals surface area contributed by atoms with E-state index in [1.54, 1.807) is 32.7 Å². The predicted molar refractivity (Wildman–Crippen MR) is 292 cm³/mol. The SMILES string of the molecule is COc1cc(N2CCC(CN3CCC4(CC3)CCN(c3ccc5c(c3)C(=O)N(C3CCC(=O)NC3=O)C5=O)CC4)CC2)c(-c2cnn(C)c2)cc1Nc1ncc(Br)c(Nc2ccc3ccccc3c2P(C)(C)=O)n1. The van der Waals surface area contributed by atoms with Crippen LogP contribution in [0.4, 0.5) is 34.5 Å². The van der Waals surface area contributed by atoms with Crippen molar-refractivity contribution in [2.45, 2.75) is 57.4 Å². The number of anilines is 6. The summed E-state index contributed by atoms with van der Waals surface area (Å²) in [6.07, 6.45) is 12.5. The average molecular weight is 1080 g/mol. The predicted octanol–water partition coefficient (Wildman–Crippen LogP) is 8.54. The Labute approximate surface area is 438 Å². The first kappa shape index (κ1) is 49.6. The molecule has 3 N–H and O–H groups in total. The zero-order valence-corrected chi connectivity index (χ0v) is 44.7. The molecule has 17 nitrogen and oxygen atoms in total. The van der Waals surface area contributed by atoms with E-state index in [0.29, 0.717) is 50.1 Å². The molecule has 0 bridgehead atoms. The van der Waals surface area contributed by atoms with Crippen molar-refractivity contribution in [1.82, 2.24) is 34.9 Å². The Hall–Kier alpha value is -6.62. The second-order valence-corrected chi connectivity index (χ2v) is 25.0. The van der Waals surface area contributed by atoms with Crippen LogP contribution in [0.5, 0.6) is 5.75 Å². The van der Waals surface area contributed by atoms with Crippen molar-refractivity contribution in [2.24, 2.45) is 18.4 Å². The third kappa shape index (κ3) is 9.67. The third-order valence-electron chi connectivity index (χ3n) is 16.0. The van der Waals surface area contributed by atoms with E-state index >= 15 is 0 Å². The van der Waals surface area contributed by atoms with Gasteiger partial charge in [-0.15, -0.1) is 0 Å². The van der Waals surface area contributed by atoms with Gasteiger partial charge in [-0.3, -0.25) is 34.1 Å². The molecule has 4 amide bonds. The highest BCUT2D eigenvalue weighted by Gasteiger charge is 2.45. The van der Waals surface area contributed by atoms with Crippen LogP contribution in [-0.2, 0) is 21.2 Å². The second kappa shape index (κ2) is 19.9. The van der Waals surface area contributed by atoms with E-state index in [4.69, 9.17) is 9.72 Å². The van der Waals surface area contributed by atoms with E-state index in [2.05, 4.69) is 68.8 Å². The van der Waals surface area contributed by atoms with Crippen LogP contribution >= 0.6 is 23.1 Å². The number of ether oxygens (including phenoxy) is 1. The monoisotopic (exact) mass is 1080 g/mol. The molecule has 0 saturated carbocycles. The highest BCUT2D eigenvalue weighted by atomic mass is 79.9. The van der Waals surface area contributed by atoms with Crippen LogP contribution in [0.2, 0.25) is 0 Å². The lowest BCUT2D eigenvalue weighted by atomic mass is 9.71. The molecular formula is C55H61BrN11O6P. The van der Waals surface area contributed by atoms with Gasteiger partial charge in [-0.25, -0.2) is 4.98 Å². The highest BCUT2D eigenvalue weighted by Crippen LogP contribution is 2.46. The maximum absolute atomic E-state index is 13.7. The number of fused-ring (bicyclic) bond motifs is 2. The summed E-state index contributed by atoms with van der Waals surface area (Å²) in [6.45, 7) is 10.5. The van der Waals surface area contributed by atoms with Crippen molar-refractivity contribution in [2.75, 3.05) is 86.7 Å². The Morgan fingerprint density at radius 1 is 0.811 bits per heavy atom. The topological polar surface area (TPSA) is 187 Å². The van der Waals surface area contributed by atoms with Crippen LogP contribution in [0, 0.1) is 11.3 Å². The maximum Gasteiger partial charge on any atom is 0.262 e. The van der Waals surface area contributed by atoms with E-state index in [0.717, 1.165) is 121 Å². The summed E-state index contributed by atoms with van der Waals surface area (Å²) in [7, 11) is 0.897. The molecule has 4 fully saturated rings. The van der Waals surface area contributed by atoms with E-state index in [1.807, 2.05) is 72.7 Å². The van der Waals surface area contributed by atoms with Gasteiger partial charge >= 0.3 is 0 Å². The summed E-state index contributed by atoms with van der Waals surface area (Å²) in [6, 6.07) is 20.7. The molecule has 7 heterocycles. The number of benzene rings is 4. The quantitative estimate of drug-likeness (QED) is 0.0782. The summed E-state index contributed by atoms with van der Waals surface area (Å²) < 4.78 is 22.3. The fourth-order valence-electron chi connectivity index (χ4n) is 11.9. The summed E-state index contributed by atoms with van der Waals surface area (Å²) >= 11 is 3.64. The minimum atomic E-state index is -2.71. The first-order valence-corrected chi connectivity index (χ1v) is 29.0. The maximum atomic E-state index is 13.7. The lowest BCUT2D eigenvalue weighted by molar-refractivity contribution is -0.136. The van der Waals surface area contributed by atoms with Gasteiger partial charge in [0.25, 0.3) is 11.8 Å². The number of nitrogens with one attached hydrogen (secondary N) is 3. The largest absolute Gasteiger partial charge is 0.494 e. The molecular weight excluding hydrogens is 1020 g/mol. The Kier molecular flexibility index (Phi) is 13.3. The summed E-state index contributed by atoms with van der Waals surface area (Å²) in [5, 5.41) is 16.5. The summed E-state index contributed by atoms with van der Waals surface area (Å²) in [5.41, 5.74) is 6.40. The van der Waals surface area contributed by atoms with Crippen molar-refractivity contribution in [3.8, 4) is 16.9 Å². The van der Waals surface area contributed by atoms with Crippen LogP contribution in [0.1, 0.15) is 72.1 Å². The number of aryl methyl sites for hydroxylation is 1. The molecule has 11 rings (SSSR count). The highest BCUT2D eigenvalue weighted by molar-refractivity contribution is 9.10. The van der Waals surface area contributed by atoms with Gasteiger partial charge < -0.3 is 34.6 Å². The average Bonchev–Trinajstić information content (AvgIpc) is 3.94. The number of nitrogens with zero attached hydrogens (tertiary/aromatic N) is 8. The van der Waals surface area contributed by atoms with Crippen LogP contribution in [0.25, 0.3) is 21.9 Å². The zero-order chi connectivity index (χ0) is 51.5. The lowest BCUT2D eigenvalue weighted by Gasteiger charge is -2.48. The molecule has 4 aromatic carbocycles. The van der Waals surface area contributed by atoms with Gasteiger partial charge in [0, 0.05) is 92.5 Å². The number of carbonyl (C=O) groups excluding carboxylic acids is 4. The van der Waals surface area contributed by atoms with Crippen LogP contribution < -0.4 is 35.8 Å². The van der Waals surface area contributed by atoms with Gasteiger partial charge in [0.1, 0.15) is 24.8 Å². The number of amides is 4. The number of hydrogen-bond donors (Lipinski definition) is 3. The Morgan fingerprint density at radius 3 is 2.27 bits per heavy atom. The number of methoxy groups -OCH3 is 1. The number of rotatable bonds is 12. The molecule has 2 aromatic heterocycles. The molecule has 5 aliphatic heterocycles. The molecule has 4 saturated heterocycles. The van der Waals surface area contributed by atoms with Crippen molar-refractivity contribution < 1.29 is 28.5 Å². The van der Waals surface area contributed by atoms with Gasteiger partial charge in [-0.05, 0) is 140 Å². The molecule has 1 unspecified atom stereocenters. The van der Waals surface area contributed by atoms with Crippen molar-refractivity contribution in [3.05, 3.63) is 101 Å². The number of carbonyl (C=O) groups is 4. The number of halogens is 1. The fourth-order valence-corrected chi connectivity index (χ4v) is 13.7. The van der Waals surface area contributed by atoms with Crippen molar-refractivity contribution in [1.29, 1.82) is 0 Å². The standard InChI is InChI=1S/C55H61BrN11O6P/c1-63-33-36(30-58-63)40-28-44(60-54-57-31-42(56)50(62-54)59-43-12-9-35-7-5-6-8-38(35)49(43)74(3,4)72)47(73-2)29-46(40)66-21-15-34(16-22-66)32-64-23-17-55(18-24-64)19-25-65(26-20-55)37-10-11-39-41(27-37)53(71)67(52(39)70)45-13-14-48(68)61-51(45)69/h5-12,27-31,33-34,45H,13-26,32H2,1-4H3,(H,61,68,69)(H2,57,59,60,62). The van der Waals surface area contributed by atoms with Crippen LogP contribution in [-0.4, -0.2) is 125 Å². The molecule has 6 aromatic rings. The molecule has 0 radical (unpaired) electrons. The van der Waals surface area contributed by atoms with E-state index in [-0.39, 0.29) is 18.7 Å². The van der Waals surface area contributed by atoms with Gasteiger partial charge in [0.05, 0.1) is 40.3 Å². The molecule has 5 aliphatic rings. The number of likely N-dealkylation sites (tertiary alicyclic amines) is 1. The molecule has 74 heavy (non-hydrogen) atoms. The normalized spacial score (nSPS) is 19.6. The number of piperidine rings is 4. The molecule has 0 aliphatic carbocycles. The second-order valence-electron chi connectivity index (χ2n) is 21.0. The van der Waals surface area contributed by atoms with Gasteiger partial charge in [-0.2, -0.15) is 10.1 Å². The van der Waals surface area contributed by atoms with Crippen LogP contribution in [0.3, 0.4) is 0 Å². The number of imide groups is 2. The summed E-state index contributed by atoms with van der Waals surface area (Å²) in [4.78, 5) is 69.1. The summed E-state index contributed by atoms with van der Waals surface area (Å²) in [5.74, 6) is 0.219. The number of hydrogen-bond acceptors (Lipinski definition) is 14. The van der Waals surface area contributed by atoms with E-state index in [9.17, 15) is 23.7 Å². The van der Waals surface area contributed by atoms with Gasteiger partial charge in [0.15, 0.2) is 0 Å². The van der Waals surface area contributed by atoms with Crippen molar-refractivity contribution >= 4 is 97.3 Å². The van der Waals surface area contributed by atoms with Gasteiger partial charge in [0.2, 0.25) is 17.8 Å². The Morgan fingerprint density at radius 2 is 1.55 bits per heavy atom. The zero-order valence-electron chi connectivity index (χ0n) is 42.2. The molecule has 19 heteroatoms. The minimum absolute atomic E-state index is 0.0948. The van der Waals surface area contributed by atoms with Gasteiger partial charge in [-0.1, -0.05) is 30.3 Å². The van der Waals surface area contributed by atoms with Crippen molar-refractivity contribution in [3.63, 3.8) is 0 Å². The Bertz CT molecular complexity index is 3260. The van der Waals surface area contributed by atoms with E-state index < -0.39 is 30.9 Å². The van der Waals surface area contributed by atoms with E-state index in [1.165, 1.54) is 12.8 Å². The minimum Gasteiger partial charge on any atom is -0.494 e. The van der Waals surface area contributed by atoms with Crippen LogP contribution in [0.15, 0.2) is 89.8 Å². The fraction of sp³-hybridized carbons (Fsp3) is 0.400. The smallest absolute Gasteiger partial charge is 0.262 e. The lowest BCUT2D eigenvalue weighted by Crippen LogP contribution is -2.54. The molecule has 384 valence electrons.